The zero-order valence-electron chi connectivity index (χ0n) is 9.67. The van der Waals surface area contributed by atoms with Crippen molar-refractivity contribution in [2.45, 2.75) is 6.42 Å². The first kappa shape index (κ1) is 11.8. The predicted molar refractivity (Wildman–Crippen MR) is 67.7 cm³/mol. The van der Waals surface area contributed by atoms with Crippen molar-refractivity contribution in [3.05, 3.63) is 54.4 Å². The van der Waals surface area contributed by atoms with E-state index in [1.54, 1.807) is 24.4 Å². The number of nitriles is 1. The molecule has 88 valence electrons. The minimum absolute atomic E-state index is 0.0384. The monoisotopic (exact) mass is 237 g/mol. The first-order valence-corrected chi connectivity index (χ1v) is 5.41. The van der Waals surface area contributed by atoms with Crippen LogP contribution in [0.3, 0.4) is 0 Å². The predicted octanol–water partition coefficient (Wildman–Crippen LogP) is 2.45. The maximum absolute atomic E-state index is 9.44. The second-order valence-corrected chi connectivity index (χ2v) is 3.71. The molecular formula is C14H11N3O. The Morgan fingerprint density at radius 2 is 2.22 bits per heavy atom. The van der Waals surface area contributed by atoms with Gasteiger partial charge in [0.05, 0.1) is 5.56 Å². The maximum atomic E-state index is 9.44. The quantitative estimate of drug-likeness (QED) is 0.832. The van der Waals surface area contributed by atoms with Crippen LogP contribution < -0.4 is 0 Å². The largest absolute Gasteiger partial charge is 0.507 e. The summed E-state index contributed by atoms with van der Waals surface area (Å²) in [6.45, 7) is 3.66. The molecule has 0 fully saturated rings. The second kappa shape index (κ2) is 5.11. The maximum Gasteiger partial charge on any atom is 0.159 e. The summed E-state index contributed by atoms with van der Waals surface area (Å²) in [4.78, 5) is 8.52. The molecule has 0 bridgehead atoms. The average molecular weight is 237 g/mol. The smallest absolute Gasteiger partial charge is 0.159 e. The topological polar surface area (TPSA) is 69.8 Å². The third-order valence-electron chi connectivity index (χ3n) is 2.44. The molecule has 0 aliphatic rings. The van der Waals surface area contributed by atoms with E-state index in [0.29, 0.717) is 17.8 Å². The zero-order valence-corrected chi connectivity index (χ0v) is 9.67. The first-order valence-electron chi connectivity index (χ1n) is 5.41. The summed E-state index contributed by atoms with van der Waals surface area (Å²) < 4.78 is 0. The summed E-state index contributed by atoms with van der Waals surface area (Å²) in [5, 5.41) is 18.3. The van der Waals surface area contributed by atoms with E-state index in [2.05, 4.69) is 16.5 Å². The van der Waals surface area contributed by atoms with Gasteiger partial charge in [0.2, 0.25) is 0 Å². The van der Waals surface area contributed by atoms with Gasteiger partial charge in [0.25, 0.3) is 0 Å². The van der Waals surface area contributed by atoms with Gasteiger partial charge in [-0.05, 0) is 24.3 Å². The van der Waals surface area contributed by atoms with Crippen LogP contribution in [-0.2, 0) is 6.42 Å². The fraction of sp³-hybridized carbons (Fsp3) is 0.0714. The van der Waals surface area contributed by atoms with Gasteiger partial charge in [0.15, 0.2) is 5.82 Å². The number of phenolic OH excluding ortho intramolecular Hbond substituents is 1. The van der Waals surface area contributed by atoms with Crippen molar-refractivity contribution in [1.29, 1.82) is 5.26 Å². The van der Waals surface area contributed by atoms with E-state index >= 15 is 0 Å². The third-order valence-corrected chi connectivity index (χ3v) is 2.44. The highest BCUT2D eigenvalue weighted by atomic mass is 16.3. The molecule has 2 rings (SSSR count). The molecule has 0 aliphatic heterocycles. The molecule has 4 nitrogen and oxygen atoms in total. The van der Waals surface area contributed by atoms with Crippen molar-refractivity contribution in [2.75, 3.05) is 0 Å². The van der Waals surface area contributed by atoms with E-state index in [0.717, 1.165) is 5.69 Å². The molecule has 1 aromatic heterocycles. The number of hydrogen-bond donors (Lipinski definition) is 1. The van der Waals surface area contributed by atoms with E-state index < -0.39 is 0 Å². The summed E-state index contributed by atoms with van der Waals surface area (Å²) in [5.74, 6) is 0.495. The van der Waals surface area contributed by atoms with E-state index in [4.69, 9.17) is 5.26 Å². The lowest BCUT2D eigenvalue weighted by molar-refractivity contribution is 0.473. The Labute approximate surface area is 105 Å². The lowest BCUT2D eigenvalue weighted by Gasteiger charge is -2.03. The molecule has 4 heteroatoms. The van der Waals surface area contributed by atoms with Crippen LogP contribution in [0.5, 0.6) is 5.75 Å². The molecule has 0 radical (unpaired) electrons. The van der Waals surface area contributed by atoms with Crippen molar-refractivity contribution < 1.29 is 5.11 Å². The van der Waals surface area contributed by atoms with Crippen LogP contribution >= 0.6 is 0 Å². The summed E-state index contributed by atoms with van der Waals surface area (Å²) in [6, 6.07) is 8.46. The van der Waals surface area contributed by atoms with Gasteiger partial charge in [0, 0.05) is 23.9 Å². The molecule has 0 spiro atoms. The molecule has 1 heterocycles. The van der Waals surface area contributed by atoms with Gasteiger partial charge in [-0.2, -0.15) is 5.26 Å². The molecule has 0 atom stereocenters. The van der Waals surface area contributed by atoms with Crippen molar-refractivity contribution in [3.8, 4) is 23.2 Å². The van der Waals surface area contributed by atoms with Crippen LogP contribution in [0.15, 0.2) is 43.1 Å². The number of rotatable bonds is 3. The minimum Gasteiger partial charge on any atom is -0.507 e. The van der Waals surface area contributed by atoms with Gasteiger partial charge in [-0.3, -0.25) is 0 Å². The Balaban J connectivity index is 2.45. The lowest BCUT2D eigenvalue weighted by atomic mass is 10.1. The highest BCUT2D eigenvalue weighted by Crippen LogP contribution is 2.23. The van der Waals surface area contributed by atoms with Gasteiger partial charge in [-0.1, -0.05) is 6.08 Å². The van der Waals surface area contributed by atoms with Crippen LogP contribution in [0.1, 0.15) is 11.3 Å². The van der Waals surface area contributed by atoms with Crippen molar-refractivity contribution in [3.63, 3.8) is 0 Å². The van der Waals surface area contributed by atoms with Gasteiger partial charge in [-0.25, -0.2) is 9.97 Å². The van der Waals surface area contributed by atoms with E-state index in [-0.39, 0.29) is 11.3 Å². The van der Waals surface area contributed by atoms with Gasteiger partial charge < -0.3 is 5.11 Å². The Bertz CT molecular complexity index is 629. The Hall–Kier alpha value is -2.67. The number of aromatic hydroxyl groups is 1. The summed E-state index contributed by atoms with van der Waals surface area (Å²) in [6.07, 6.45) is 4.10. The average Bonchev–Trinajstić information content (AvgIpc) is 2.40. The van der Waals surface area contributed by atoms with Gasteiger partial charge in [0.1, 0.15) is 11.8 Å². The first-order chi connectivity index (χ1) is 8.74. The molecule has 1 N–H and O–H groups in total. The molecule has 1 aromatic carbocycles. The Kier molecular flexibility index (Phi) is 3.35. The fourth-order valence-electron chi connectivity index (χ4n) is 1.56. The normalized spacial score (nSPS) is 9.72. The molecule has 0 amide bonds. The third kappa shape index (κ3) is 2.36. The number of allylic oxidation sites excluding steroid dienone is 1. The van der Waals surface area contributed by atoms with Crippen LogP contribution in [0, 0.1) is 11.3 Å². The second-order valence-electron chi connectivity index (χ2n) is 3.71. The van der Waals surface area contributed by atoms with Crippen LogP contribution in [0.4, 0.5) is 0 Å². The fourth-order valence-corrected chi connectivity index (χ4v) is 1.56. The summed E-state index contributed by atoms with van der Waals surface area (Å²) in [7, 11) is 0. The number of benzene rings is 1. The number of aromatic nitrogens is 2. The summed E-state index contributed by atoms with van der Waals surface area (Å²) >= 11 is 0. The Morgan fingerprint density at radius 3 is 2.94 bits per heavy atom. The Morgan fingerprint density at radius 1 is 1.39 bits per heavy atom. The van der Waals surface area contributed by atoms with Crippen LogP contribution in [-0.4, -0.2) is 15.1 Å². The van der Waals surface area contributed by atoms with Crippen LogP contribution in [0.2, 0.25) is 0 Å². The zero-order chi connectivity index (χ0) is 13.0. The van der Waals surface area contributed by atoms with Gasteiger partial charge in [-0.15, -0.1) is 6.58 Å². The molecule has 0 aliphatic carbocycles. The number of hydrogen-bond acceptors (Lipinski definition) is 4. The molecular weight excluding hydrogens is 226 g/mol. The minimum atomic E-state index is -0.0384. The standard InChI is InChI=1S/C14H11N3O/c1-2-3-12-6-7-16-14(17-12)10-4-5-13(18)11(8-10)9-15/h2,4-8,18H,1,3H2. The van der Waals surface area contributed by atoms with Crippen LogP contribution in [0.25, 0.3) is 11.4 Å². The summed E-state index contributed by atoms with van der Waals surface area (Å²) in [5.41, 5.74) is 1.78. The molecule has 2 aromatic rings. The highest BCUT2D eigenvalue weighted by molar-refractivity contribution is 5.61. The van der Waals surface area contributed by atoms with Crippen molar-refractivity contribution in [1.82, 2.24) is 9.97 Å². The van der Waals surface area contributed by atoms with E-state index in [1.165, 1.54) is 6.07 Å². The SMILES string of the molecule is C=CCc1ccnc(-c2ccc(O)c(C#N)c2)n1. The molecule has 0 unspecified atom stereocenters. The van der Waals surface area contributed by atoms with E-state index in [9.17, 15) is 5.11 Å². The highest BCUT2D eigenvalue weighted by Gasteiger charge is 2.06. The van der Waals surface area contributed by atoms with Crippen molar-refractivity contribution in [2.24, 2.45) is 0 Å². The molecule has 0 saturated carbocycles. The molecule has 0 saturated heterocycles. The number of nitrogens with zero attached hydrogens (tertiary/aromatic N) is 3. The number of phenols is 1. The lowest BCUT2D eigenvalue weighted by Crippen LogP contribution is -1.94. The van der Waals surface area contributed by atoms with Gasteiger partial charge >= 0.3 is 0 Å². The van der Waals surface area contributed by atoms with Crippen molar-refractivity contribution >= 4 is 0 Å². The molecule has 18 heavy (non-hydrogen) atoms. The van der Waals surface area contributed by atoms with E-state index in [1.807, 2.05) is 12.1 Å².